The molecule has 0 bridgehead atoms. The van der Waals surface area contributed by atoms with E-state index in [1.54, 1.807) is 17.8 Å². The highest BCUT2D eigenvalue weighted by Crippen LogP contribution is 2.43. The molecule has 4 nitrogen and oxygen atoms in total. The van der Waals surface area contributed by atoms with Gasteiger partial charge in [0, 0.05) is 5.56 Å². The minimum absolute atomic E-state index is 0.0132. The Kier molecular flexibility index (Phi) is 9.40. The number of carbonyl (C=O) groups excluding carboxylic acids is 1. The van der Waals surface area contributed by atoms with Crippen LogP contribution in [0.5, 0.6) is 5.75 Å². The van der Waals surface area contributed by atoms with E-state index in [1.807, 2.05) is 68.7 Å². The molecule has 0 aliphatic rings. The summed E-state index contributed by atoms with van der Waals surface area (Å²) in [7, 11) is 4.08. The summed E-state index contributed by atoms with van der Waals surface area (Å²) in [5.74, 6) is 0.947. The number of aromatic hydroxyl groups is 1. The van der Waals surface area contributed by atoms with Gasteiger partial charge in [0.2, 0.25) is 0 Å². The lowest BCUT2D eigenvalue weighted by Crippen LogP contribution is -2.14. The van der Waals surface area contributed by atoms with Crippen LogP contribution < -0.4 is 0 Å². The van der Waals surface area contributed by atoms with E-state index in [2.05, 4.69) is 24.0 Å². The fourth-order valence-electron chi connectivity index (χ4n) is 3.78. The topological polar surface area (TPSA) is 49.8 Å². The smallest absolute Gasteiger partial charge is 0.338 e. The van der Waals surface area contributed by atoms with Gasteiger partial charge in [-0.3, -0.25) is 0 Å². The third-order valence-electron chi connectivity index (χ3n) is 5.46. The molecule has 0 aliphatic heterocycles. The first-order valence-corrected chi connectivity index (χ1v) is 12.5. The third-order valence-corrected chi connectivity index (χ3v) is 6.63. The number of benzene rings is 3. The zero-order valence-corrected chi connectivity index (χ0v) is 20.5. The zero-order chi connectivity index (χ0) is 23.6. The van der Waals surface area contributed by atoms with E-state index in [1.165, 1.54) is 0 Å². The van der Waals surface area contributed by atoms with E-state index in [9.17, 15) is 9.90 Å². The summed E-state index contributed by atoms with van der Waals surface area (Å²) < 4.78 is 5.43. The van der Waals surface area contributed by atoms with E-state index < -0.39 is 0 Å². The molecule has 33 heavy (non-hydrogen) atoms. The molecule has 0 heterocycles. The van der Waals surface area contributed by atoms with Crippen molar-refractivity contribution in [3.8, 4) is 16.9 Å². The average molecular weight is 464 g/mol. The molecule has 0 radical (unpaired) electrons. The predicted molar refractivity (Wildman–Crippen MR) is 138 cm³/mol. The second kappa shape index (κ2) is 12.5. The van der Waals surface area contributed by atoms with Gasteiger partial charge in [0.1, 0.15) is 5.75 Å². The molecule has 3 rings (SSSR count). The Morgan fingerprint density at radius 3 is 2.27 bits per heavy atom. The van der Waals surface area contributed by atoms with Crippen molar-refractivity contribution in [2.75, 3.05) is 33.0 Å². The number of hydrogen-bond donors (Lipinski definition) is 1. The molecule has 0 saturated heterocycles. The third kappa shape index (κ3) is 6.86. The van der Waals surface area contributed by atoms with Crippen LogP contribution in [0.25, 0.3) is 11.1 Å². The fourth-order valence-corrected chi connectivity index (χ4v) is 4.87. The normalized spacial score (nSPS) is 12.0. The van der Waals surface area contributed by atoms with Crippen molar-refractivity contribution < 1.29 is 14.6 Å². The van der Waals surface area contributed by atoms with Crippen molar-refractivity contribution in [1.82, 2.24) is 4.90 Å². The van der Waals surface area contributed by atoms with E-state index >= 15 is 0 Å². The maximum absolute atomic E-state index is 12.4. The maximum atomic E-state index is 12.4. The Labute approximate surface area is 201 Å². The van der Waals surface area contributed by atoms with Crippen LogP contribution >= 0.6 is 11.8 Å². The number of carbonyl (C=O) groups is 1. The first-order chi connectivity index (χ1) is 16.0. The minimum atomic E-state index is -0.284. The lowest BCUT2D eigenvalue weighted by Gasteiger charge is -2.21. The standard InChI is InChI=1S/C28H33NO3S/c1-4-33-27(25-13-7-8-14-26(25)30)24-12-6-5-11-23(24)21-15-17-22(18-16-21)28(31)32-20-10-9-19-29(2)3/h5-8,11-18,27,30H,4,9-10,19-20H2,1-3H3. The molecule has 0 aliphatic carbocycles. The highest BCUT2D eigenvalue weighted by molar-refractivity contribution is 7.99. The number of ether oxygens (including phenoxy) is 1. The summed E-state index contributed by atoms with van der Waals surface area (Å²) in [6.07, 6.45) is 1.86. The van der Waals surface area contributed by atoms with Gasteiger partial charge in [-0.05, 0) is 74.1 Å². The number of phenols is 1. The van der Waals surface area contributed by atoms with Crippen LogP contribution in [0.2, 0.25) is 0 Å². The quantitative estimate of drug-likeness (QED) is 0.263. The summed E-state index contributed by atoms with van der Waals surface area (Å²) in [5.41, 5.74) is 4.73. The van der Waals surface area contributed by atoms with Gasteiger partial charge < -0.3 is 14.7 Å². The van der Waals surface area contributed by atoms with Gasteiger partial charge in [-0.25, -0.2) is 4.79 Å². The predicted octanol–water partition coefficient (Wildman–Crippen LogP) is 6.40. The zero-order valence-electron chi connectivity index (χ0n) is 19.7. The second-order valence-corrected chi connectivity index (χ2v) is 9.59. The van der Waals surface area contributed by atoms with Crippen molar-refractivity contribution in [1.29, 1.82) is 0 Å². The van der Waals surface area contributed by atoms with Crippen molar-refractivity contribution in [2.45, 2.75) is 25.0 Å². The molecular weight excluding hydrogens is 430 g/mol. The Hall–Kier alpha value is -2.76. The molecule has 0 spiro atoms. The Balaban J connectivity index is 1.78. The van der Waals surface area contributed by atoms with Crippen molar-refractivity contribution in [3.63, 3.8) is 0 Å². The number of phenolic OH excluding ortho intramolecular Hbond substituents is 1. The molecule has 3 aromatic rings. The first kappa shape index (κ1) is 24.9. The largest absolute Gasteiger partial charge is 0.508 e. The highest BCUT2D eigenvalue weighted by Gasteiger charge is 2.21. The maximum Gasteiger partial charge on any atom is 0.338 e. The molecule has 0 fully saturated rings. The highest BCUT2D eigenvalue weighted by atomic mass is 32.2. The SMILES string of the molecule is CCSC(c1ccccc1O)c1ccccc1-c1ccc(C(=O)OCCCCN(C)C)cc1. The molecule has 1 unspecified atom stereocenters. The summed E-state index contributed by atoms with van der Waals surface area (Å²) in [6.45, 7) is 3.55. The number of para-hydroxylation sites is 1. The summed E-state index contributed by atoms with van der Waals surface area (Å²) in [5, 5.41) is 10.5. The number of thioether (sulfide) groups is 1. The van der Waals surface area contributed by atoms with Crippen LogP contribution in [0.3, 0.4) is 0 Å². The molecule has 174 valence electrons. The van der Waals surface area contributed by atoms with Crippen LogP contribution in [0.4, 0.5) is 0 Å². The van der Waals surface area contributed by atoms with Crippen LogP contribution in [-0.4, -0.2) is 49.0 Å². The van der Waals surface area contributed by atoms with Crippen LogP contribution in [-0.2, 0) is 4.74 Å². The van der Waals surface area contributed by atoms with E-state index in [4.69, 9.17) is 4.74 Å². The molecule has 1 atom stereocenters. The summed E-state index contributed by atoms with van der Waals surface area (Å²) in [4.78, 5) is 14.5. The summed E-state index contributed by atoms with van der Waals surface area (Å²) in [6, 6.07) is 23.4. The van der Waals surface area contributed by atoms with Gasteiger partial charge in [0.15, 0.2) is 0 Å². The van der Waals surface area contributed by atoms with Gasteiger partial charge in [0.25, 0.3) is 0 Å². The second-order valence-electron chi connectivity index (χ2n) is 8.21. The first-order valence-electron chi connectivity index (χ1n) is 11.4. The van der Waals surface area contributed by atoms with Gasteiger partial charge in [-0.15, -0.1) is 11.8 Å². The van der Waals surface area contributed by atoms with Gasteiger partial charge in [-0.1, -0.05) is 61.5 Å². The molecule has 0 amide bonds. The van der Waals surface area contributed by atoms with Crippen molar-refractivity contribution in [2.24, 2.45) is 0 Å². The molecule has 1 N–H and O–H groups in total. The number of hydrogen-bond acceptors (Lipinski definition) is 5. The number of esters is 1. The Morgan fingerprint density at radius 2 is 1.61 bits per heavy atom. The Bertz CT molecular complexity index is 1030. The molecule has 0 saturated carbocycles. The Morgan fingerprint density at radius 1 is 0.939 bits per heavy atom. The number of unbranched alkanes of at least 4 members (excludes halogenated alkanes) is 1. The van der Waals surface area contributed by atoms with Crippen molar-refractivity contribution in [3.05, 3.63) is 89.5 Å². The number of nitrogens with zero attached hydrogens (tertiary/aromatic N) is 1. The van der Waals surface area contributed by atoms with Crippen molar-refractivity contribution >= 4 is 17.7 Å². The van der Waals surface area contributed by atoms with Crippen LogP contribution in [0, 0.1) is 0 Å². The fraction of sp³-hybridized carbons (Fsp3) is 0.321. The van der Waals surface area contributed by atoms with Gasteiger partial charge in [-0.2, -0.15) is 0 Å². The van der Waals surface area contributed by atoms with Crippen LogP contribution in [0.15, 0.2) is 72.8 Å². The molecule has 0 aromatic heterocycles. The van der Waals surface area contributed by atoms with E-state index in [0.29, 0.717) is 17.9 Å². The van der Waals surface area contributed by atoms with Crippen LogP contribution in [0.1, 0.15) is 46.5 Å². The molecule has 5 heteroatoms. The van der Waals surface area contributed by atoms with Gasteiger partial charge >= 0.3 is 5.97 Å². The summed E-state index contributed by atoms with van der Waals surface area (Å²) >= 11 is 1.79. The average Bonchev–Trinajstić information content (AvgIpc) is 2.83. The minimum Gasteiger partial charge on any atom is -0.508 e. The van der Waals surface area contributed by atoms with E-state index in [-0.39, 0.29) is 11.2 Å². The lowest BCUT2D eigenvalue weighted by molar-refractivity contribution is 0.0496. The van der Waals surface area contributed by atoms with E-state index in [0.717, 1.165) is 47.4 Å². The molecule has 3 aromatic carbocycles. The molecular formula is C28H33NO3S. The van der Waals surface area contributed by atoms with Gasteiger partial charge in [0.05, 0.1) is 17.4 Å². The lowest BCUT2D eigenvalue weighted by atomic mass is 9.93. The number of rotatable bonds is 11. The monoisotopic (exact) mass is 463 g/mol.